The lowest BCUT2D eigenvalue weighted by Crippen LogP contribution is -2.57. The van der Waals surface area contributed by atoms with E-state index in [0.29, 0.717) is 6.42 Å². The van der Waals surface area contributed by atoms with Gasteiger partial charge in [-0.1, -0.05) is 30.3 Å². The summed E-state index contributed by atoms with van der Waals surface area (Å²) in [7, 11) is 3.76. The van der Waals surface area contributed by atoms with Crippen LogP contribution in [0.3, 0.4) is 0 Å². The first-order valence-electron chi connectivity index (χ1n) is 9.58. The van der Waals surface area contributed by atoms with Gasteiger partial charge in [-0.05, 0) is 38.4 Å². The molecule has 0 aromatic heterocycles. The van der Waals surface area contributed by atoms with Gasteiger partial charge in [0.1, 0.15) is 0 Å². The van der Waals surface area contributed by atoms with Gasteiger partial charge in [0.15, 0.2) is 0 Å². The van der Waals surface area contributed by atoms with Crippen LogP contribution in [-0.4, -0.2) is 85.4 Å². The van der Waals surface area contributed by atoms with Gasteiger partial charge in [0.25, 0.3) is 0 Å². The van der Waals surface area contributed by atoms with Gasteiger partial charge in [0.2, 0.25) is 11.8 Å². The van der Waals surface area contributed by atoms with Gasteiger partial charge in [-0.2, -0.15) is 0 Å². The van der Waals surface area contributed by atoms with Crippen LogP contribution >= 0.6 is 24.8 Å². The molecule has 158 valence electrons. The Hall–Kier alpha value is -1.34. The summed E-state index contributed by atoms with van der Waals surface area (Å²) in [6.45, 7) is 4.20. The van der Waals surface area contributed by atoms with Crippen LogP contribution in [0.4, 0.5) is 0 Å². The summed E-state index contributed by atoms with van der Waals surface area (Å²) in [6.07, 6.45) is 2.44. The fourth-order valence-corrected chi connectivity index (χ4v) is 4.03. The quantitative estimate of drug-likeness (QED) is 0.767. The molecule has 1 aromatic rings. The molecule has 0 unspecified atom stereocenters. The van der Waals surface area contributed by atoms with Crippen LogP contribution in [0.1, 0.15) is 18.4 Å². The molecule has 28 heavy (non-hydrogen) atoms. The molecule has 8 heteroatoms. The first-order chi connectivity index (χ1) is 12.6. The fraction of sp³-hybridized carbons (Fsp3) is 0.600. The SMILES string of the molecule is CNC(=O)[C@@H](Cc1ccccc1)N1CCC[C@H]1C(=O)N1CCN(C)CC1.Cl.Cl. The molecule has 0 radical (unpaired) electrons. The van der Waals surface area contributed by atoms with Gasteiger partial charge in [0, 0.05) is 33.2 Å². The highest BCUT2D eigenvalue weighted by Crippen LogP contribution is 2.24. The zero-order valence-corrected chi connectivity index (χ0v) is 18.3. The van der Waals surface area contributed by atoms with Crippen molar-refractivity contribution >= 4 is 36.6 Å². The van der Waals surface area contributed by atoms with E-state index in [4.69, 9.17) is 0 Å². The molecule has 2 heterocycles. The van der Waals surface area contributed by atoms with Crippen molar-refractivity contribution in [2.45, 2.75) is 31.3 Å². The average Bonchev–Trinajstić information content (AvgIpc) is 3.16. The topological polar surface area (TPSA) is 55.9 Å². The molecule has 2 atom stereocenters. The number of nitrogens with one attached hydrogen (secondary N) is 1. The molecule has 2 saturated heterocycles. The molecule has 1 aromatic carbocycles. The van der Waals surface area contributed by atoms with Crippen LogP contribution in [0.5, 0.6) is 0 Å². The molecule has 0 bridgehead atoms. The molecule has 0 aliphatic carbocycles. The van der Waals surface area contributed by atoms with Crippen LogP contribution in [0.15, 0.2) is 30.3 Å². The second kappa shape index (κ2) is 11.6. The van der Waals surface area contributed by atoms with Crippen molar-refractivity contribution in [3.63, 3.8) is 0 Å². The minimum Gasteiger partial charge on any atom is -0.358 e. The lowest BCUT2D eigenvalue weighted by molar-refractivity contribution is -0.140. The lowest BCUT2D eigenvalue weighted by atomic mass is 10.0. The van der Waals surface area contributed by atoms with Crippen molar-refractivity contribution in [2.24, 2.45) is 0 Å². The first-order valence-corrected chi connectivity index (χ1v) is 9.58. The Morgan fingerprint density at radius 3 is 2.32 bits per heavy atom. The van der Waals surface area contributed by atoms with Gasteiger partial charge in [-0.15, -0.1) is 24.8 Å². The van der Waals surface area contributed by atoms with Gasteiger partial charge >= 0.3 is 0 Å². The van der Waals surface area contributed by atoms with Crippen molar-refractivity contribution in [3.05, 3.63) is 35.9 Å². The number of likely N-dealkylation sites (tertiary alicyclic amines) is 1. The normalized spacial score (nSPS) is 21.4. The number of hydrogen-bond donors (Lipinski definition) is 1. The van der Waals surface area contributed by atoms with Crippen molar-refractivity contribution in [1.82, 2.24) is 20.0 Å². The molecular formula is C20H32Cl2N4O2. The van der Waals surface area contributed by atoms with Gasteiger partial charge in [-0.3, -0.25) is 14.5 Å². The molecule has 2 fully saturated rings. The fourth-order valence-electron chi connectivity index (χ4n) is 4.03. The number of halogens is 2. The van der Waals surface area contributed by atoms with E-state index >= 15 is 0 Å². The molecule has 3 rings (SSSR count). The predicted octanol–water partition coefficient (Wildman–Crippen LogP) is 1.43. The number of piperazine rings is 1. The summed E-state index contributed by atoms with van der Waals surface area (Å²) in [5, 5.41) is 2.79. The summed E-state index contributed by atoms with van der Waals surface area (Å²) in [5.41, 5.74) is 1.12. The number of benzene rings is 1. The molecule has 0 spiro atoms. The maximum atomic E-state index is 13.1. The third-order valence-corrected chi connectivity index (χ3v) is 5.62. The Morgan fingerprint density at radius 1 is 1.07 bits per heavy atom. The smallest absolute Gasteiger partial charge is 0.240 e. The van der Waals surface area contributed by atoms with Gasteiger partial charge in [0.05, 0.1) is 12.1 Å². The van der Waals surface area contributed by atoms with Crippen molar-refractivity contribution in [2.75, 3.05) is 46.8 Å². The molecule has 0 saturated carbocycles. The second-order valence-corrected chi connectivity index (χ2v) is 7.34. The minimum absolute atomic E-state index is 0. The third kappa shape index (κ3) is 5.83. The van der Waals surface area contributed by atoms with Crippen LogP contribution in [0.25, 0.3) is 0 Å². The van der Waals surface area contributed by atoms with E-state index in [1.165, 1.54) is 0 Å². The standard InChI is InChI=1S/C20H30N4O2.2ClH/c1-21-19(25)18(15-16-7-4-3-5-8-16)24-10-6-9-17(24)20(26)23-13-11-22(2)12-14-23;;/h3-5,7-8,17-18H,6,9-15H2,1-2H3,(H,21,25);2*1H/t17-,18+;;/m0../s1. The van der Waals surface area contributed by atoms with Gasteiger partial charge < -0.3 is 15.1 Å². The number of amides is 2. The zero-order chi connectivity index (χ0) is 18.5. The molecule has 1 N–H and O–H groups in total. The van der Waals surface area contributed by atoms with Crippen LogP contribution < -0.4 is 5.32 Å². The van der Waals surface area contributed by atoms with E-state index < -0.39 is 0 Å². The highest BCUT2D eigenvalue weighted by atomic mass is 35.5. The Balaban J connectivity index is 0.00000196. The van der Waals surface area contributed by atoms with Crippen LogP contribution in [0.2, 0.25) is 0 Å². The van der Waals surface area contributed by atoms with Crippen molar-refractivity contribution in [1.29, 1.82) is 0 Å². The summed E-state index contributed by atoms with van der Waals surface area (Å²) in [4.78, 5) is 32.1. The average molecular weight is 431 g/mol. The molecule has 2 aliphatic rings. The predicted molar refractivity (Wildman–Crippen MR) is 116 cm³/mol. The maximum absolute atomic E-state index is 13.1. The van der Waals surface area contributed by atoms with E-state index in [9.17, 15) is 9.59 Å². The van der Waals surface area contributed by atoms with Crippen molar-refractivity contribution < 1.29 is 9.59 Å². The highest BCUT2D eigenvalue weighted by Gasteiger charge is 2.40. The Kier molecular flexibility index (Phi) is 10.2. The number of rotatable bonds is 5. The maximum Gasteiger partial charge on any atom is 0.240 e. The minimum atomic E-state index is -0.300. The second-order valence-electron chi connectivity index (χ2n) is 7.34. The van der Waals surface area contributed by atoms with E-state index in [0.717, 1.165) is 51.1 Å². The summed E-state index contributed by atoms with van der Waals surface area (Å²) in [6, 6.07) is 9.58. The molecule has 2 aliphatic heterocycles. The lowest BCUT2D eigenvalue weighted by Gasteiger charge is -2.37. The van der Waals surface area contributed by atoms with Gasteiger partial charge in [-0.25, -0.2) is 0 Å². The van der Waals surface area contributed by atoms with E-state index in [-0.39, 0.29) is 48.7 Å². The largest absolute Gasteiger partial charge is 0.358 e. The number of nitrogens with zero attached hydrogens (tertiary/aromatic N) is 3. The highest BCUT2D eigenvalue weighted by molar-refractivity contribution is 5.86. The van der Waals surface area contributed by atoms with Crippen LogP contribution in [0, 0.1) is 0 Å². The number of likely N-dealkylation sites (N-methyl/N-ethyl adjacent to an activating group) is 2. The van der Waals surface area contributed by atoms with Crippen LogP contribution in [-0.2, 0) is 16.0 Å². The first kappa shape index (κ1) is 24.7. The van der Waals surface area contributed by atoms with E-state index in [1.54, 1.807) is 7.05 Å². The van der Waals surface area contributed by atoms with E-state index in [2.05, 4.69) is 22.2 Å². The van der Waals surface area contributed by atoms with Crippen molar-refractivity contribution in [3.8, 4) is 0 Å². The molecule has 6 nitrogen and oxygen atoms in total. The molecular weight excluding hydrogens is 399 g/mol. The molecule has 2 amide bonds. The van der Waals surface area contributed by atoms with E-state index in [1.807, 2.05) is 35.2 Å². The summed E-state index contributed by atoms with van der Waals surface area (Å²) >= 11 is 0. The summed E-state index contributed by atoms with van der Waals surface area (Å²) in [5.74, 6) is 0.185. The zero-order valence-electron chi connectivity index (χ0n) is 16.7. The number of carbonyl (C=O) groups excluding carboxylic acids is 2. The monoisotopic (exact) mass is 430 g/mol. The Morgan fingerprint density at radius 2 is 1.71 bits per heavy atom. The number of carbonyl (C=O) groups is 2. The Bertz CT molecular complexity index is 624. The Labute approximate surface area is 180 Å². The summed E-state index contributed by atoms with van der Waals surface area (Å²) < 4.78 is 0. The third-order valence-electron chi connectivity index (χ3n) is 5.62. The number of hydrogen-bond acceptors (Lipinski definition) is 4.